The molecular weight excluding hydrogens is 312 g/mol. The summed E-state index contributed by atoms with van der Waals surface area (Å²) >= 11 is 0. The number of carbonyl (C=O) groups is 4. The summed E-state index contributed by atoms with van der Waals surface area (Å²) in [5.41, 5.74) is 0. The molecule has 0 rings (SSSR count). The SMILES string of the molecule is CCCC(=O)N(C)CC(=O)N(C)[C@@H](CC(C)C)C(=O)NC(=O)NC. The minimum absolute atomic E-state index is 0.100. The summed E-state index contributed by atoms with van der Waals surface area (Å²) in [6, 6.07) is -1.39. The van der Waals surface area contributed by atoms with Crippen LogP contribution in [0.2, 0.25) is 0 Å². The fraction of sp³-hybridized carbons (Fsp3) is 0.750. The van der Waals surface area contributed by atoms with Gasteiger partial charge in [0.2, 0.25) is 11.8 Å². The van der Waals surface area contributed by atoms with E-state index in [1.807, 2.05) is 20.8 Å². The summed E-state index contributed by atoms with van der Waals surface area (Å²) in [6.07, 6.45) is 1.50. The molecule has 138 valence electrons. The van der Waals surface area contributed by atoms with E-state index >= 15 is 0 Å². The molecule has 24 heavy (non-hydrogen) atoms. The second kappa shape index (κ2) is 10.6. The predicted molar refractivity (Wildman–Crippen MR) is 91.2 cm³/mol. The molecule has 0 fully saturated rings. The first-order valence-electron chi connectivity index (χ1n) is 8.16. The summed E-state index contributed by atoms with van der Waals surface area (Å²) in [5, 5.41) is 4.51. The maximum absolute atomic E-state index is 12.4. The third-order valence-electron chi connectivity index (χ3n) is 3.58. The maximum atomic E-state index is 12.4. The Morgan fingerprint density at radius 1 is 1.04 bits per heavy atom. The number of urea groups is 1. The van der Waals surface area contributed by atoms with E-state index in [1.165, 1.54) is 23.9 Å². The van der Waals surface area contributed by atoms with Crippen molar-refractivity contribution in [2.24, 2.45) is 5.92 Å². The lowest BCUT2D eigenvalue weighted by atomic mass is 10.0. The molecule has 0 aliphatic carbocycles. The summed E-state index contributed by atoms with van der Waals surface area (Å²) in [6.45, 7) is 5.64. The summed E-state index contributed by atoms with van der Waals surface area (Å²) in [4.78, 5) is 50.5. The zero-order valence-electron chi connectivity index (χ0n) is 15.5. The smallest absolute Gasteiger partial charge is 0.321 e. The number of nitrogens with one attached hydrogen (secondary N) is 2. The van der Waals surface area contributed by atoms with Crippen LogP contribution >= 0.6 is 0 Å². The maximum Gasteiger partial charge on any atom is 0.321 e. The van der Waals surface area contributed by atoms with Crippen LogP contribution in [-0.2, 0) is 14.4 Å². The van der Waals surface area contributed by atoms with E-state index in [-0.39, 0.29) is 24.3 Å². The molecule has 0 saturated heterocycles. The van der Waals surface area contributed by atoms with Gasteiger partial charge in [-0.15, -0.1) is 0 Å². The molecule has 0 bridgehead atoms. The second-order valence-electron chi connectivity index (χ2n) is 6.22. The molecule has 0 spiro atoms. The van der Waals surface area contributed by atoms with Crippen molar-refractivity contribution in [3.63, 3.8) is 0 Å². The van der Waals surface area contributed by atoms with Crippen LogP contribution in [0.15, 0.2) is 0 Å². The van der Waals surface area contributed by atoms with Gasteiger partial charge in [0.05, 0.1) is 6.54 Å². The van der Waals surface area contributed by atoms with Crippen molar-refractivity contribution in [1.82, 2.24) is 20.4 Å². The van der Waals surface area contributed by atoms with Gasteiger partial charge >= 0.3 is 6.03 Å². The van der Waals surface area contributed by atoms with Crippen molar-refractivity contribution >= 4 is 23.8 Å². The summed E-state index contributed by atoms with van der Waals surface area (Å²) in [5.74, 6) is -0.851. The number of rotatable bonds is 8. The van der Waals surface area contributed by atoms with Gasteiger partial charge in [0.25, 0.3) is 5.91 Å². The minimum Gasteiger partial charge on any atom is -0.341 e. The van der Waals surface area contributed by atoms with Crippen LogP contribution in [0.4, 0.5) is 4.79 Å². The number of imide groups is 1. The first-order valence-corrected chi connectivity index (χ1v) is 8.16. The Morgan fingerprint density at radius 2 is 1.62 bits per heavy atom. The highest BCUT2D eigenvalue weighted by molar-refractivity contribution is 5.98. The molecular formula is C16H30N4O4. The van der Waals surface area contributed by atoms with E-state index in [2.05, 4.69) is 10.6 Å². The molecule has 8 nitrogen and oxygen atoms in total. The van der Waals surface area contributed by atoms with Gasteiger partial charge in [-0.25, -0.2) is 4.79 Å². The van der Waals surface area contributed by atoms with Gasteiger partial charge in [-0.2, -0.15) is 0 Å². The van der Waals surface area contributed by atoms with E-state index in [9.17, 15) is 19.2 Å². The molecule has 0 aliphatic heterocycles. The van der Waals surface area contributed by atoms with Crippen LogP contribution in [0.3, 0.4) is 0 Å². The fourth-order valence-corrected chi connectivity index (χ4v) is 2.13. The molecule has 8 heteroatoms. The molecule has 5 amide bonds. The Hall–Kier alpha value is -2.12. The predicted octanol–water partition coefficient (Wildman–Crippen LogP) is 0.574. The highest BCUT2D eigenvalue weighted by Gasteiger charge is 2.29. The van der Waals surface area contributed by atoms with Crippen LogP contribution in [0.1, 0.15) is 40.0 Å². The van der Waals surface area contributed by atoms with Crippen molar-refractivity contribution < 1.29 is 19.2 Å². The normalized spacial score (nSPS) is 11.6. The van der Waals surface area contributed by atoms with Gasteiger partial charge in [0.15, 0.2) is 0 Å². The largest absolute Gasteiger partial charge is 0.341 e. The van der Waals surface area contributed by atoms with Gasteiger partial charge in [-0.1, -0.05) is 20.8 Å². The van der Waals surface area contributed by atoms with Crippen molar-refractivity contribution in [2.45, 2.75) is 46.1 Å². The first kappa shape index (κ1) is 21.9. The molecule has 2 N–H and O–H groups in total. The molecule has 0 aromatic heterocycles. The Labute approximate surface area is 143 Å². The average molecular weight is 342 g/mol. The Kier molecular flexibility index (Phi) is 9.68. The van der Waals surface area contributed by atoms with Crippen LogP contribution in [-0.4, -0.2) is 67.3 Å². The molecule has 1 atom stereocenters. The third kappa shape index (κ3) is 7.43. The Balaban J connectivity index is 4.99. The van der Waals surface area contributed by atoms with Crippen LogP contribution in [0, 0.1) is 5.92 Å². The highest BCUT2D eigenvalue weighted by atomic mass is 16.2. The molecule has 0 aromatic rings. The molecule has 0 heterocycles. The molecule has 0 aromatic carbocycles. The van der Waals surface area contributed by atoms with Gasteiger partial charge in [0, 0.05) is 27.6 Å². The molecule has 0 aliphatic rings. The topological polar surface area (TPSA) is 98.8 Å². The second-order valence-corrected chi connectivity index (χ2v) is 6.22. The highest BCUT2D eigenvalue weighted by Crippen LogP contribution is 2.11. The zero-order valence-corrected chi connectivity index (χ0v) is 15.5. The Morgan fingerprint density at radius 3 is 2.08 bits per heavy atom. The van der Waals surface area contributed by atoms with Gasteiger partial charge in [-0.3, -0.25) is 19.7 Å². The molecule has 0 unspecified atom stereocenters. The standard InChI is InChI=1S/C16H30N4O4/c1-7-8-13(21)19(5)10-14(22)20(6)12(9-11(2)3)15(23)18-16(24)17-4/h11-12H,7-10H2,1-6H3,(H2,17,18,23,24)/t12-/m0/s1. The first-order chi connectivity index (χ1) is 11.1. The molecule has 0 radical (unpaired) electrons. The van der Waals surface area contributed by atoms with Crippen LogP contribution in [0.25, 0.3) is 0 Å². The number of hydrogen-bond donors (Lipinski definition) is 2. The average Bonchev–Trinajstić information content (AvgIpc) is 2.51. The quantitative estimate of drug-likeness (QED) is 0.674. The fourth-order valence-electron chi connectivity index (χ4n) is 2.13. The van der Waals surface area contributed by atoms with Crippen molar-refractivity contribution in [3.05, 3.63) is 0 Å². The number of nitrogens with zero attached hydrogens (tertiary/aromatic N) is 2. The third-order valence-corrected chi connectivity index (χ3v) is 3.58. The summed E-state index contributed by atoms with van der Waals surface area (Å²) in [7, 11) is 4.48. The van der Waals surface area contributed by atoms with Gasteiger partial charge < -0.3 is 15.1 Å². The summed E-state index contributed by atoms with van der Waals surface area (Å²) < 4.78 is 0. The monoisotopic (exact) mass is 342 g/mol. The van der Waals surface area contributed by atoms with Crippen LogP contribution in [0.5, 0.6) is 0 Å². The van der Waals surface area contributed by atoms with Gasteiger partial charge in [0.1, 0.15) is 6.04 Å². The van der Waals surface area contributed by atoms with Gasteiger partial charge in [-0.05, 0) is 18.8 Å². The van der Waals surface area contributed by atoms with E-state index < -0.39 is 18.0 Å². The van der Waals surface area contributed by atoms with Crippen LogP contribution < -0.4 is 10.6 Å². The van der Waals surface area contributed by atoms with E-state index in [0.29, 0.717) is 19.3 Å². The van der Waals surface area contributed by atoms with E-state index in [0.717, 1.165) is 0 Å². The van der Waals surface area contributed by atoms with Crippen molar-refractivity contribution in [1.29, 1.82) is 0 Å². The van der Waals surface area contributed by atoms with Crippen molar-refractivity contribution in [3.8, 4) is 0 Å². The number of amides is 5. The lowest BCUT2D eigenvalue weighted by Gasteiger charge is -2.30. The van der Waals surface area contributed by atoms with E-state index in [4.69, 9.17) is 0 Å². The lowest BCUT2D eigenvalue weighted by molar-refractivity contribution is -0.143. The number of likely N-dealkylation sites (N-methyl/N-ethyl adjacent to an activating group) is 2. The lowest BCUT2D eigenvalue weighted by Crippen LogP contribution is -2.53. The minimum atomic E-state index is -0.774. The van der Waals surface area contributed by atoms with E-state index in [1.54, 1.807) is 7.05 Å². The Bertz CT molecular complexity index is 465. The number of carbonyl (C=O) groups excluding carboxylic acids is 4. The van der Waals surface area contributed by atoms with Crippen molar-refractivity contribution in [2.75, 3.05) is 27.7 Å². The number of hydrogen-bond acceptors (Lipinski definition) is 4. The zero-order chi connectivity index (χ0) is 18.9. The molecule has 0 saturated carbocycles.